The fraction of sp³-hybridized carbons (Fsp3) is 0.381. The number of carbonyl (C=O) groups is 1. The molecule has 0 aromatic heterocycles. The van der Waals surface area contributed by atoms with Crippen molar-refractivity contribution in [1.82, 2.24) is 4.90 Å². The molecule has 0 fully saturated rings. The van der Waals surface area contributed by atoms with E-state index in [1.807, 2.05) is 31.3 Å². The zero-order valence-electron chi connectivity index (χ0n) is 15.7. The summed E-state index contributed by atoms with van der Waals surface area (Å²) < 4.78 is 18.4. The standard InChI is InChI=1S/C21H27FN2O2/c1-4-24(19-13-11-18(22)12-14-19)15-7-10-21(25)23(2)16-17-8-5-6-9-20(17)26-3/h5-6,8-9,11-14H,4,7,10,15-16H2,1-3H3. The Balaban J connectivity index is 1.84. The van der Waals surface area contributed by atoms with E-state index in [9.17, 15) is 9.18 Å². The van der Waals surface area contributed by atoms with Gasteiger partial charge in [-0.05, 0) is 43.7 Å². The number of anilines is 1. The number of hydrogen-bond donors (Lipinski definition) is 0. The van der Waals surface area contributed by atoms with Crippen molar-refractivity contribution in [2.75, 3.05) is 32.1 Å². The van der Waals surface area contributed by atoms with Gasteiger partial charge in [0.25, 0.3) is 0 Å². The van der Waals surface area contributed by atoms with E-state index in [0.29, 0.717) is 13.0 Å². The van der Waals surface area contributed by atoms with Crippen molar-refractivity contribution in [2.45, 2.75) is 26.3 Å². The molecule has 140 valence electrons. The Morgan fingerprint density at radius 2 is 1.81 bits per heavy atom. The van der Waals surface area contributed by atoms with Crippen LogP contribution in [0.25, 0.3) is 0 Å². The average Bonchev–Trinajstić information content (AvgIpc) is 2.66. The summed E-state index contributed by atoms with van der Waals surface area (Å²) in [5, 5.41) is 0. The van der Waals surface area contributed by atoms with Gasteiger partial charge in [0, 0.05) is 44.4 Å². The molecule has 4 nitrogen and oxygen atoms in total. The Morgan fingerprint density at radius 3 is 2.46 bits per heavy atom. The van der Waals surface area contributed by atoms with Gasteiger partial charge in [0.15, 0.2) is 0 Å². The highest BCUT2D eigenvalue weighted by atomic mass is 19.1. The van der Waals surface area contributed by atoms with E-state index in [1.165, 1.54) is 12.1 Å². The lowest BCUT2D eigenvalue weighted by Crippen LogP contribution is -2.29. The van der Waals surface area contributed by atoms with E-state index < -0.39 is 0 Å². The molecule has 2 aromatic carbocycles. The van der Waals surface area contributed by atoms with Crippen LogP contribution >= 0.6 is 0 Å². The molecule has 0 aliphatic heterocycles. The van der Waals surface area contributed by atoms with Crippen molar-refractivity contribution in [3.8, 4) is 5.75 Å². The maximum Gasteiger partial charge on any atom is 0.222 e. The van der Waals surface area contributed by atoms with Crippen LogP contribution in [0.5, 0.6) is 5.75 Å². The number of hydrogen-bond acceptors (Lipinski definition) is 3. The predicted octanol–water partition coefficient (Wildman–Crippen LogP) is 4.10. The SMILES string of the molecule is CCN(CCCC(=O)N(C)Cc1ccccc1OC)c1ccc(F)cc1. The Labute approximate surface area is 155 Å². The minimum atomic E-state index is -0.238. The second-order valence-corrected chi connectivity index (χ2v) is 6.22. The summed E-state index contributed by atoms with van der Waals surface area (Å²) in [6.45, 7) is 4.16. The molecule has 0 unspecified atom stereocenters. The third-order valence-electron chi connectivity index (χ3n) is 4.42. The second-order valence-electron chi connectivity index (χ2n) is 6.22. The van der Waals surface area contributed by atoms with Gasteiger partial charge in [-0.1, -0.05) is 18.2 Å². The number of para-hydroxylation sites is 1. The van der Waals surface area contributed by atoms with E-state index in [4.69, 9.17) is 4.74 Å². The van der Waals surface area contributed by atoms with Crippen molar-refractivity contribution in [3.05, 3.63) is 59.9 Å². The minimum Gasteiger partial charge on any atom is -0.496 e. The molecule has 0 radical (unpaired) electrons. The first-order valence-electron chi connectivity index (χ1n) is 8.91. The lowest BCUT2D eigenvalue weighted by molar-refractivity contribution is -0.130. The summed E-state index contributed by atoms with van der Waals surface area (Å²) in [4.78, 5) is 16.3. The predicted molar refractivity (Wildman–Crippen MR) is 103 cm³/mol. The molecule has 0 spiro atoms. The second kappa shape index (κ2) is 9.80. The first-order valence-corrected chi connectivity index (χ1v) is 8.91. The zero-order chi connectivity index (χ0) is 18.9. The van der Waals surface area contributed by atoms with Gasteiger partial charge in [-0.2, -0.15) is 0 Å². The molecular weight excluding hydrogens is 331 g/mol. The molecule has 0 heterocycles. The lowest BCUT2D eigenvalue weighted by Gasteiger charge is -2.24. The monoisotopic (exact) mass is 358 g/mol. The molecule has 1 amide bonds. The largest absolute Gasteiger partial charge is 0.496 e. The highest BCUT2D eigenvalue weighted by Crippen LogP contribution is 2.19. The normalized spacial score (nSPS) is 10.5. The Kier molecular flexibility index (Phi) is 7.45. The van der Waals surface area contributed by atoms with Crippen LogP contribution in [-0.4, -0.2) is 38.1 Å². The maximum absolute atomic E-state index is 13.1. The van der Waals surface area contributed by atoms with Crippen molar-refractivity contribution in [2.24, 2.45) is 0 Å². The van der Waals surface area contributed by atoms with Gasteiger partial charge >= 0.3 is 0 Å². The molecule has 0 N–H and O–H groups in total. The Bertz CT molecular complexity index is 703. The van der Waals surface area contributed by atoms with Crippen LogP contribution in [0.3, 0.4) is 0 Å². The number of amides is 1. The van der Waals surface area contributed by atoms with E-state index in [2.05, 4.69) is 11.8 Å². The van der Waals surface area contributed by atoms with Gasteiger partial charge in [0.2, 0.25) is 5.91 Å². The van der Waals surface area contributed by atoms with E-state index in [1.54, 1.807) is 24.1 Å². The Morgan fingerprint density at radius 1 is 1.12 bits per heavy atom. The van der Waals surface area contributed by atoms with Crippen LogP contribution in [0, 0.1) is 5.82 Å². The molecule has 0 aliphatic rings. The van der Waals surface area contributed by atoms with Crippen molar-refractivity contribution in [1.29, 1.82) is 0 Å². The fourth-order valence-electron chi connectivity index (χ4n) is 2.91. The molecule has 0 bridgehead atoms. The quantitative estimate of drug-likeness (QED) is 0.677. The number of methoxy groups -OCH3 is 1. The summed E-state index contributed by atoms with van der Waals surface area (Å²) in [5.41, 5.74) is 1.97. The molecule has 5 heteroatoms. The number of rotatable bonds is 9. The van der Waals surface area contributed by atoms with Crippen LogP contribution in [0.15, 0.2) is 48.5 Å². The van der Waals surface area contributed by atoms with Crippen LogP contribution in [0.1, 0.15) is 25.3 Å². The highest BCUT2D eigenvalue weighted by Gasteiger charge is 2.12. The van der Waals surface area contributed by atoms with Crippen LogP contribution in [0.2, 0.25) is 0 Å². The summed E-state index contributed by atoms with van der Waals surface area (Å²) in [6.07, 6.45) is 1.23. The van der Waals surface area contributed by atoms with Gasteiger partial charge in [-0.15, -0.1) is 0 Å². The van der Waals surface area contributed by atoms with Crippen molar-refractivity contribution in [3.63, 3.8) is 0 Å². The first-order chi connectivity index (χ1) is 12.5. The van der Waals surface area contributed by atoms with Crippen LogP contribution in [-0.2, 0) is 11.3 Å². The third-order valence-corrected chi connectivity index (χ3v) is 4.42. The number of benzene rings is 2. The van der Waals surface area contributed by atoms with Gasteiger partial charge < -0.3 is 14.5 Å². The third kappa shape index (κ3) is 5.48. The molecule has 0 atom stereocenters. The van der Waals surface area contributed by atoms with E-state index in [0.717, 1.165) is 36.5 Å². The number of carbonyl (C=O) groups excluding carboxylic acids is 1. The topological polar surface area (TPSA) is 32.8 Å². The van der Waals surface area contributed by atoms with E-state index >= 15 is 0 Å². The summed E-state index contributed by atoms with van der Waals surface area (Å²) in [7, 11) is 3.45. The summed E-state index contributed by atoms with van der Waals surface area (Å²) in [6, 6.07) is 14.2. The van der Waals surface area contributed by atoms with E-state index in [-0.39, 0.29) is 11.7 Å². The molecular formula is C21H27FN2O2. The average molecular weight is 358 g/mol. The maximum atomic E-state index is 13.1. The smallest absolute Gasteiger partial charge is 0.222 e. The molecule has 0 saturated heterocycles. The number of ether oxygens (including phenoxy) is 1. The van der Waals surface area contributed by atoms with Crippen molar-refractivity contribution < 1.29 is 13.9 Å². The molecule has 2 aromatic rings. The highest BCUT2D eigenvalue weighted by molar-refractivity contribution is 5.76. The van der Waals surface area contributed by atoms with Gasteiger partial charge in [0.05, 0.1) is 7.11 Å². The number of nitrogens with zero attached hydrogens (tertiary/aromatic N) is 2. The molecule has 0 saturated carbocycles. The zero-order valence-corrected chi connectivity index (χ0v) is 15.7. The lowest BCUT2D eigenvalue weighted by atomic mass is 10.1. The molecule has 26 heavy (non-hydrogen) atoms. The van der Waals surface area contributed by atoms with Crippen LogP contribution in [0.4, 0.5) is 10.1 Å². The Hall–Kier alpha value is -2.56. The fourth-order valence-corrected chi connectivity index (χ4v) is 2.91. The van der Waals surface area contributed by atoms with Gasteiger partial charge in [-0.25, -0.2) is 4.39 Å². The minimum absolute atomic E-state index is 0.103. The first kappa shape index (κ1) is 19.8. The van der Waals surface area contributed by atoms with Gasteiger partial charge in [0.1, 0.15) is 11.6 Å². The number of halogens is 1. The summed E-state index contributed by atoms with van der Waals surface area (Å²) >= 11 is 0. The van der Waals surface area contributed by atoms with Crippen LogP contribution < -0.4 is 9.64 Å². The van der Waals surface area contributed by atoms with Crippen molar-refractivity contribution >= 4 is 11.6 Å². The van der Waals surface area contributed by atoms with Gasteiger partial charge in [-0.3, -0.25) is 4.79 Å². The summed E-state index contributed by atoms with van der Waals surface area (Å²) in [5.74, 6) is 0.657. The molecule has 0 aliphatic carbocycles. The molecule has 2 rings (SSSR count).